The summed E-state index contributed by atoms with van der Waals surface area (Å²) in [5.41, 5.74) is 10.4. The van der Waals surface area contributed by atoms with Crippen LogP contribution in [-0.4, -0.2) is 5.91 Å². The molecule has 0 aliphatic heterocycles. The minimum absolute atomic E-state index is 0.389. The van der Waals surface area contributed by atoms with Gasteiger partial charge in [-0.25, -0.2) is 0 Å². The maximum atomic E-state index is 10.7. The van der Waals surface area contributed by atoms with Crippen LogP contribution in [0.25, 0.3) is 0 Å². The van der Waals surface area contributed by atoms with E-state index in [4.69, 9.17) is 5.73 Å². The van der Waals surface area contributed by atoms with Gasteiger partial charge in [-0.3, -0.25) is 4.79 Å². The Morgan fingerprint density at radius 2 is 2.27 bits per heavy atom. The molecule has 1 amide bonds. The molecule has 1 aromatic rings. The van der Waals surface area contributed by atoms with Crippen LogP contribution in [0.3, 0.4) is 0 Å². The van der Waals surface area contributed by atoms with Gasteiger partial charge >= 0.3 is 0 Å². The Bertz CT molecular complexity index is 271. The Balaban J connectivity index is 3.01. The molecule has 1 aromatic carbocycles. The molecule has 3 nitrogen and oxygen atoms in total. The van der Waals surface area contributed by atoms with Crippen LogP contribution in [-0.2, 0) is 6.54 Å². The molecular formula is C8H11N2O+. The fraction of sp³-hybridized carbons (Fsp3) is 0.125. The fourth-order valence-electron chi connectivity index (χ4n) is 0.880. The van der Waals surface area contributed by atoms with Gasteiger partial charge in [0.2, 0.25) is 5.91 Å². The number of carbonyl (C=O) groups is 1. The van der Waals surface area contributed by atoms with Gasteiger partial charge in [0.15, 0.2) is 0 Å². The summed E-state index contributed by atoms with van der Waals surface area (Å²) in [4.78, 5) is 10.7. The average Bonchev–Trinajstić information content (AvgIpc) is 2.05. The molecule has 0 fully saturated rings. The Morgan fingerprint density at radius 1 is 1.55 bits per heavy atom. The standard InChI is InChI=1S/C8H10N2O/c9-5-6-2-1-3-7(4-6)8(10)11/h1-4H,5,9H2,(H2,10,11)/p+1. The van der Waals surface area contributed by atoms with E-state index < -0.39 is 0 Å². The van der Waals surface area contributed by atoms with Crippen LogP contribution in [0.4, 0.5) is 0 Å². The second-order valence-electron chi connectivity index (χ2n) is 2.31. The third-order valence-electron chi connectivity index (χ3n) is 1.50. The first-order valence-corrected chi connectivity index (χ1v) is 3.42. The Kier molecular flexibility index (Phi) is 2.23. The molecule has 0 atom stereocenters. The highest BCUT2D eigenvalue weighted by Gasteiger charge is 1.99. The first kappa shape index (κ1) is 7.75. The molecule has 0 aliphatic rings. The number of nitrogens with two attached hydrogens (primary N) is 1. The van der Waals surface area contributed by atoms with Gasteiger partial charge in [0, 0.05) is 11.1 Å². The first-order chi connectivity index (χ1) is 5.24. The van der Waals surface area contributed by atoms with Crippen LogP contribution in [0.2, 0.25) is 0 Å². The summed E-state index contributed by atoms with van der Waals surface area (Å²) >= 11 is 0. The number of quaternary nitrogens is 1. The number of carbonyl (C=O) groups excluding carboxylic acids is 1. The van der Waals surface area contributed by atoms with E-state index in [9.17, 15) is 4.79 Å². The number of hydrogen-bond acceptors (Lipinski definition) is 1. The molecular weight excluding hydrogens is 140 g/mol. The number of hydrogen-bond donors (Lipinski definition) is 2. The van der Waals surface area contributed by atoms with E-state index in [1.54, 1.807) is 18.2 Å². The summed E-state index contributed by atoms with van der Waals surface area (Å²) in [5, 5.41) is 0. The Morgan fingerprint density at radius 3 is 2.82 bits per heavy atom. The molecule has 0 unspecified atom stereocenters. The lowest BCUT2D eigenvalue weighted by molar-refractivity contribution is -0.386. The van der Waals surface area contributed by atoms with E-state index >= 15 is 0 Å². The molecule has 0 radical (unpaired) electrons. The van der Waals surface area contributed by atoms with Crippen molar-refractivity contribution in [2.45, 2.75) is 6.54 Å². The predicted octanol–water partition coefficient (Wildman–Crippen LogP) is -0.473. The first-order valence-electron chi connectivity index (χ1n) is 3.42. The van der Waals surface area contributed by atoms with Crippen LogP contribution in [0, 0.1) is 0 Å². The van der Waals surface area contributed by atoms with Crippen LogP contribution in [0.1, 0.15) is 15.9 Å². The summed E-state index contributed by atoms with van der Waals surface area (Å²) in [7, 11) is 0. The normalized spacial score (nSPS) is 9.55. The third kappa shape index (κ3) is 1.78. The van der Waals surface area contributed by atoms with Gasteiger partial charge in [-0.05, 0) is 12.1 Å². The van der Waals surface area contributed by atoms with Crippen molar-refractivity contribution in [3.05, 3.63) is 35.4 Å². The summed E-state index contributed by atoms with van der Waals surface area (Å²) < 4.78 is 0. The SMILES string of the molecule is NC(=O)c1cccc(C[NH3+])c1. The van der Waals surface area contributed by atoms with E-state index in [-0.39, 0.29) is 5.91 Å². The number of amides is 1. The van der Waals surface area contributed by atoms with E-state index in [0.29, 0.717) is 12.1 Å². The zero-order chi connectivity index (χ0) is 8.27. The van der Waals surface area contributed by atoms with Gasteiger partial charge < -0.3 is 11.5 Å². The van der Waals surface area contributed by atoms with E-state index in [1.165, 1.54) is 0 Å². The van der Waals surface area contributed by atoms with Gasteiger partial charge in [-0.2, -0.15) is 0 Å². The molecule has 3 heteroatoms. The average molecular weight is 151 g/mol. The third-order valence-corrected chi connectivity index (χ3v) is 1.50. The number of benzene rings is 1. The Hall–Kier alpha value is -1.35. The molecule has 5 N–H and O–H groups in total. The molecule has 0 aromatic heterocycles. The summed E-state index contributed by atoms with van der Waals surface area (Å²) in [5.74, 6) is -0.389. The lowest BCUT2D eigenvalue weighted by Crippen LogP contribution is -2.47. The summed E-state index contributed by atoms with van der Waals surface area (Å²) in [6.45, 7) is 0.682. The maximum Gasteiger partial charge on any atom is 0.248 e. The second kappa shape index (κ2) is 3.16. The summed E-state index contributed by atoms with van der Waals surface area (Å²) in [6, 6.07) is 7.18. The second-order valence-corrected chi connectivity index (χ2v) is 2.31. The zero-order valence-corrected chi connectivity index (χ0v) is 6.21. The van der Waals surface area contributed by atoms with Crippen molar-refractivity contribution in [1.29, 1.82) is 0 Å². The van der Waals surface area contributed by atoms with Gasteiger partial charge in [-0.15, -0.1) is 0 Å². The van der Waals surface area contributed by atoms with Gasteiger partial charge in [0.1, 0.15) is 0 Å². The highest BCUT2D eigenvalue weighted by Crippen LogP contribution is 2.02. The maximum absolute atomic E-state index is 10.7. The highest BCUT2D eigenvalue weighted by atomic mass is 16.1. The number of rotatable bonds is 2. The predicted molar refractivity (Wildman–Crippen MR) is 41.6 cm³/mol. The van der Waals surface area contributed by atoms with Crippen molar-refractivity contribution in [2.24, 2.45) is 5.73 Å². The van der Waals surface area contributed by atoms with Gasteiger partial charge in [-0.1, -0.05) is 12.1 Å². The lowest BCUT2D eigenvalue weighted by atomic mass is 10.1. The van der Waals surface area contributed by atoms with Gasteiger partial charge in [0.05, 0.1) is 6.54 Å². The van der Waals surface area contributed by atoms with Crippen molar-refractivity contribution >= 4 is 5.91 Å². The Labute approximate surface area is 65.0 Å². The largest absolute Gasteiger partial charge is 0.366 e. The quantitative estimate of drug-likeness (QED) is 0.589. The molecule has 58 valence electrons. The molecule has 11 heavy (non-hydrogen) atoms. The fourth-order valence-corrected chi connectivity index (χ4v) is 0.880. The molecule has 0 aliphatic carbocycles. The zero-order valence-electron chi connectivity index (χ0n) is 6.21. The van der Waals surface area contributed by atoms with E-state index in [2.05, 4.69) is 5.73 Å². The minimum atomic E-state index is -0.389. The van der Waals surface area contributed by atoms with Crippen molar-refractivity contribution in [3.63, 3.8) is 0 Å². The number of primary amides is 1. The van der Waals surface area contributed by atoms with Crippen LogP contribution in [0.5, 0.6) is 0 Å². The van der Waals surface area contributed by atoms with E-state index in [1.807, 2.05) is 6.07 Å². The smallest absolute Gasteiger partial charge is 0.248 e. The molecule has 0 spiro atoms. The molecule has 0 saturated heterocycles. The van der Waals surface area contributed by atoms with Crippen LogP contribution < -0.4 is 11.5 Å². The topological polar surface area (TPSA) is 70.7 Å². The minimum Gasteiger partial charge on any atom is -0.366 e. The molecule has 0 heterocycles. The summed E-state index contributed by atoms with van der Waals surface area (Å²) in [6.07, 6.45) is 0. The van der Waals surface area contributed by atoms with Gasteiger partial charge in [0.25, 0.3) is 0 Å². The van der Waals surface area contributed by atoms with Crippen LogP contribution in [0.15, 0.2) is 24.3 Å². The lowest BCUT2D eigenvalue weighted by Gasteiger charge is -1.96. The van der Waals surface area contributed by atoms with Crippen molar-refractivity contribution in [3.8, 4) is 0 Å². The molecule has 0 saturated carbocycles. The van der Waals surface area contributed by atoms with Crippen molar-refractivity contribution < 1.29 is 10.5 Å². The molecule has 0 bridgehead atoms. The monoisotopic (exact) mass is 151 g/mol. The van der Waals surface area contributed by atoms with E-state index in [0.717, 1.165) is 5.56 Å². The van der Waals surface area contributed by atoms with Crippen LogP contribution >= 0.6 is 0 Å². The highest BCUT2D eigenvalue weighted by molar-refractivity contribution is 5.92. The van der Waals surface area contributed by atoms with Crippen molar-refractivity contribution in [1.82, 2.24) is 0 Å². The van der Waals surface area contributed by atoms with Crippen molar-refractivity contribution in [2.75, 3.05) is 0 Å². The molecule has 1 rings (SSSR count).